The Morgan fingerprint density at radius 1 is 1.16 bits per heavy atom. The number of nitrogens with zero attached hydrogens (tertiary/aromatic N) is 1. The summed E-state index contributed by atoms with van der Waals surface area (Å²) >= 11 is 0. The minimum Gasteiger partial charge on any atom is -0.330 e. The average Bonchev–Trinajstić information content (AvgIpc) is 2.71. The number of H-pyrrole nitrogens is 1. The molecule has 0 amide bonds. The van der Waals surface area contributed by atoms with Crippen LogP contribution in [0.4, 0.5) is 0 Å². The van der Waals surface area contributed by atoms with Gasteiger partial charge in [0.2, 0.25) is 0 Å². The van der Waals surface area contributed by atoms with Crippen molar-refractivity contribution in [3.05, 3.63) is 22.1 Å². The zero-order valence-electron chi connectivity index (χ0n) is 11.3. The number of aromatic nitrogens is 2. The molecule has 4 nitrogen and oxygen atoms in total. The molecule has 0 spiro atoms. The summed E-state index contributed by atoms with van der Waals surface area (Å²) in [4.78, 5) is 12.5. The fourth-order valence-corrected chi connectivity index (χ4v) is 5.30. The number of nitrogens with two attached hydrogens (primary N) is 1. The van der Waals surface area contributed by atoms with E-state index in [4.69, 9.17) is 5.73 Å². The maximum Gasteiger partial charge on any atom is 0.269 e. The molecule has 1 heterocycles. The molecule has 1 aromatic heterocycles. The molecule has 0 aromatic carbocycles. The SMILES string of the molecule is NCCc1c[nH]n(C2C3CC4CC(C3)CC2C4)c1=O. The quantitative estimate of drug-likeness (QED) is 0.869. The summed E-state index contributed by atoms with van der Waals surface area (Å²) in [7, 11) is 0. The third-order valence-electron chi connectivity index (χ3n) is 5.76. The van der Waals surface area contributed by atoms with Crippen molar-refractivity contribution in [2.24, 2.45) is 29.4 Å². The third-order valence-corrected chi connectivity index (χ3v) is 5.76. The van der Waals surface area contributed by atoms with Crippen LogP contribution in [0.15, 0.2) is 11.0 Å². The predicted octanol–water partition coefficient (Wildman–Crippen LogP) is 1.67. The second kappa shape index (κ2) is 4.23. The van der Waals surface area contributed by atoms with E-state index >= 15 is 0 Å². The second-order valence-corrected chi connectivity index (χ2v) is 6.93. The maximum atomic E-state index is 12.5. The van der Waals surface area contributed by atoms with E-state index in [0.29, 0.717) is 19.0 Å². The first-order chi connectivity index (χ1) is 9.26. The number of nitrogens with one attached hydrogen (secondary N) is 1. The van der Waals surface area contributed by atoms with Gasteiger partial charge in [-0.25, -0.2) is 4.68 Å². The van der Waals surface area contributed by atoms with Crippen molar-refractivity contribution in [2.45, 2.75) is 44.6 Å². The van der Waals surface area contributed by atoms with Crippen LogP contribution in [0, 0.1) is 23.7 Å². The summed E-state index contributed by atoms with van der Waals surface area (Å²) in [5.41, 5.74) is 6.61. The van der Waals surface area contributed by atoms with Gasteiger partial charge >= 0.3 is 0 Å². The summed E-state index contributed by atoms with van der Waals surface area (Å²) in [6.45, 7) is 0.550. The number of hydrogen-bond donors (Lipinski definition) is 2. The molecule has 0 aliphatic heterocycles. The van der Waals surface area contributed by atoms with E-state index in [-0.39, 0.29) is 5.56 Å². The zero-order valence-corrected chi connectivity index (χ0v) is 11.3. The second-order valence-electron chi connectivity index (χ2n) is 6.93. The lowest BCUT2D eigenvalue weighted by Crippen LogP contribution is -2.48. The summed E-state index contributed by atoms with van der Waals surface area (Å²) in [6.07, 6.45) is 9.39. The molecule has 4 aliphatic carbocycles. The predicted molar refractivity (Wildman–Crippen MR) is 73.9 cm³/mol. The largest absolute Gasteiger partial charge is 0.330 e. The third kappa shape index (κ3) is 1.72. The van der Waals surface area contributed by atoms with Gasteiger partial charge in [0.25, 0.3) is 5.56 Å². The van der Waals surface area contributed by atoms with Gasteiger partial charge in [-0.3, -0.25) is 4.79 Å². The molecule has 0 radical (unpaired) electrons. The van der Waals surface area contributed by atoms with Crippen LogP contribution < -0.4 is 11.3 Å². The smallest absolute Gasteiger partial charge is 0.269 e. The summed E-state index contributed by atoms with van der Waals surface area (Å²) in [5.74, 6) is 3.37. The Balaban J connectivity index is 1.67. The van der Waals surface area contributed by atoms with Crippen molar-refractivity contribution >= 4 is 0 Å². The minimum atomic E-state index is 0.183. The van der Waals surface area contributed by atoms with Gasteiger partial charge in [0.1, 0.15) is 0 Å². The molecule has 4 bridgehead atoms. The first-order valence-electron chi connectivity index (χ1n) is 7.75. The Kier molecular flexibility index (Phi) is 2.62. The Morgan fingerprint density at radius 3 is 2.37 bits per heavy atom. The highest BCUT2D eigenvalue weighted by Gasteiger charge is 2.49. The van der Waals surface area contributed by atoms with Crippen LogP contribution in [0.1, 0.15) is 43.7 Å². The van der Waals surface area contributed by atoms with Crippen molar-refractivity contribution in [2.75, 3.05) is 6.54 Å². The van der Waals surface area contributed by atoms with Gasteiger partial charge in [-0.2, -0.15) is 0 Å². The lowest BCUT2D eigenvalue weighted by atomic mass is 9.54. The molecule has 104 valence electrons. The fraction of sp³-hybridized carbons (Fsp3) is 0.800. The molecule has 3 N–H and O–H groups in total. The van der Waals surface area contributed by atoms with E-state index in [1.54, 1.807) is 0 Å². The van der Waals surface area contributed by atoms with E-state index in [1.165, 1.54) is 32.1 Å². The molecule has 4 heteroatoms. The van der Waals surface area contributed by atoms with Crippen LogP contribution >= 0.6 is 0 Å². The van der Waals surface area contributed by atoms with Gasteiger partial charge in [-0.15, -0.1) is 0 Å². The first kappa shape index (κ1) is 11.8. The van der Waals surface area contributed by atoms with Gasteiger partial charge in [0, 0.05) is 11.8 Å². The number of aromatic amines is 1. The highest BCUT2D eigenvalue weighted by Crippen LogP contribution is 2.57. The topological polar surface area (TPSA) is 63.8 Å². The average molecular weight is 261 g/mol. The molecular weight excluding hydrogens is 238 g/mol. The van der Waals surface area contributed by atoms with Crippen LogP contribution in [0.25, 0.3) is 0 Å². The van der Waals surface area contributed by atoms with Crippen LogP contribution in [0.5, 0.6) is 0 Å². The lowest BCUT2D eigenvalue weighted by Gasteiger charge is -2.54. The minimum absolute atomic E-state index is 0.183. The van der Waals surface area contributed by atoms with E-state index < -0.39 is 0 Å². The van der Waals surface area contributed by atoms with Crippen LogP contribution in [0.2, 0.25) is 0 Å². The van der Waals surface area contributed by atoms with Gasteiger partial charge in [-0.1, -0.05) is 0 Å². The Hall–Kier alpha value is -1.03. The van der Waals surface area contributed by atoms with Crippen LogP contribution in [-0.2, 0) is 6.42 Å². The molecule has 0 atom stereocenters. The van der Waals surface area contributed by atoms with E-state index in [0.717, 1.165) is 29.2 Å². The van der Waals surface area contributed by atoms with Crippen molar-refractivity contribution in [1.82, 2.24) is 9.78 Å². The highest BCUT2D eigenvalue weighted by molar-refractivity contribution is 5.08. The summed E-state index contributed by atoms with van der Waals surface area (Å²) in [6, 6.07) is 0.437. The fourth-order valence-electron chi connectivity index (χ4n) is 5.30. The molecule has 4 saturated carbocycles. The van der Waals surface area contributed by atoms with Crippen molar-refractivity contribution < 1.29 is 0 Å². The normalized spacial score (nSPS) is 39.9. The monoisotopic (exact) mass is 261 g/mol. The Bertz CT molecular complexity index is 502. The van der Waals surface area contributed by atoms with E-state index in [9.17, 15) is 4.79 Å². The van der Waals surface area contributed by atoms with Crippen LogP contribution in [-0.4, -0.2) is 16.3 Å². The van der Waals surface area contributed by atoms with Crippen molar-refractivity contribution in [1.29, 1.82) is 0 Å². The summed E-state index contributed by atoms with van der Waals surface area (Å²) < 4.78 is 1.94. The molecule has 19 heavy (non-hydrogen) atoms. The van der Waals surface area contributed by atoms with E-state index in [1.807, 2.05) is 10.9 Å². The molecule has 5 rings (SSSR count). The van der Waals surface area contributed by atoms with Crippen LogP contribution in [0.3, 0.4) is 0 Å². The van der Waals surface area contributed by atoms with Crippen molar-refractivity contribution in [3.63, 3.8) is 0 Å². The molecule has 1 aromatic rings. The van der Waals surface area contributed by atoms with Crippen molar-refractivity contribution in [3.8, 4) is 0 Å². The number of rotatable bonds is 3. The summed E-state index contributed by atoms with van der Waals surface area (Å²) in [5, 5.41) is 3.24. The van der Waals surface area contributed by atoms with Gasteiger partial charge < -0.3 is 10.8 Å². The van der Waals surface area contributed by atoms with E-state index in [2.05, 4.69) is 5.10 Å². The Morgan fingerprint density at radius 2 is 1.79 bits per heavy atom. The molecule has 4 fully saturated rings. The van der Waals surface area contributed by atoms with Gasteiger partial charge in [0.15, 0.2) is 0 Å². The lowest BCUT2D eigenvalue weighted by molar-refractivity contribution is -0.0348. The highest BCUT2D eigenvalue weighted by atomic mass is 16.1. The van der Waals surface area contributed by atoms with Gasteiger partial charge in [-0.05, 0) is 68.7 Å². The number of hydrogen-bond acceptors (Lipinski definition) is 2. The maximum absolute atomic E-state index is 12.5. The zero-order chi connectivity index (χ0) is 13.0. The molecular formula is C15H23N3O. The Labute approximate surface area is 113 Å². The molecule has 0 saturated heterocycles. The standard InChI is InChI=1S/C15H23N3O/c16-2-1-11-8-17-18(15(11)19)14-12-4-9-3-10(6-12)7-13(14)5-9/h8-10,12-14,17H,1-7,16H2. The molecule has 4 aliphatic rings. The molecule has 0 unspecified atom stereocenters. The van der Waals surface area contributed by atoms with Gasteiger partial charge in [0.05, 0.1) is 6.04 Å². The first-order valence-corrected chi connectivity index (χ1v) is 7.75.